The Labute approximate surface area is 183 Å². The first-order valence-corrected chi connectivity index (χ1v) is 13.0. The average Bonchev–Trinajstić information content (AvgIpc) is 2.74. The van der Waals surface area contributed by atoms with Gasteiger partial charge in [-0.15, -0.1) is 0 Å². The third-order valence-electron chi connectivity index (χ3n) is 7.87. The molecule has 174 valence electrons. The molecule has 4 nitrogen and oxygen atoms in total. The number of nitrogens with zero attached hydrogens (tertiary/aromatic N) is 2. The predicted octanol–water partition coefficient (Wildman–Crippen LogP) is 5.15. The molecular weight excluding hydrogens is 425 g/mol. The van der Waals surface area contributed by atoms with Gasteiger partial charge in [0, 0.05) is 18.1 Å². The summed E-state index contributed by atoms with van der Waals surface area (Å²) in [6.45, 7) is 6.84. The van der Waals surface area contributed by atoms with Crippen molar-refractivity contribution in [3.63, 3.8) is 0 Å². The van der Waals surface area contributed by atoms with Crippen LogP contribution in [0.2, 0.25) is 0 Å². The summed E-state index contributed by atoms with van der Waals surface area (Å²) >= 11 is 0. The second-order valence-electron chi connectivity index (χ2n) is 9.70. The first kappa shape index (κ1) is 23.1. The highest BCUT2D eigenvalue weighted by Crippen LogP contribution is 2.50. The fourth-order valence-corrected chi connectivity index (χ4v) is 8.25. The molecule has 3 heterocycles. The molecule has 3 aliphatic heterocycles. The number of halogens is 3. The minimum atomic E-state index is -4.48. The summed E-state index contributed by atoms with van der Waals surface area (Å²) in [7, 11) is -3.90. The smallest absolute Gasteiger partial charge is 0.300 e. The number of sulfonamides is 1. The first-order chi connectivity index (χ1) is 14.6. The van der Waals surface area contributed by atoms with Crippen molar-refractivity contribution in [3.8, 4) is 0 Å². The number of hydrogen-bond donors (Lipinski definition) is 0. The fraction of sp³-hybridized carbons (Fsp3) is 0.739. The Hall–Kier alpha value is -1.12. The Bertz CT molecular complexity index is 885. The lowest BCUT2D eigenvalue weighted by molar-refractivity contribution is -0.137. The molecule has 0 unspecified atom stereocenters. The van der Waals surface area contributed by atoms with Crippen LogP contribution in [0.1, 0.15) is 64.4 Å². The molecule has 4 atom stereocenters. The van der Waals surface area contributed by atoms with E-state index in [1.54, 1.807) is 4.31 Å². The van der Waals surface area contributed by atoms with Crippen LogP contribution in [0, 0.1) is 11.8 Å². The van der Waals surface area contributed by atoms with Crippen LogP contribution in [0.5, 0.6) is 0 Å². The normalized spacial score (nSPS) is 32.6. The zero-order valence-electron chi connectivity index (χ0n) is 18.4. The summed E-state index contributed by atoms with van der Waals surface area (Å²) in [6, 6.07) is 4.43. The minimum absolute atomic E-state index is 0.0369. The van der Waals surface area contributed by atoms with Crippen molar-refractivity contribution in [2.45, 2.75) is 81.4 Å². The first-order valence-electron chi connectivity index (χ1n) is 11.5. The van der Waals surface area contributed by atoms with Crippen LogP contribution in [0.25, 0.3) is 0 Å². The number of hydrogen-bond acceptors (Lipinski definition) is 3. The zero-order chi connectivity index (χ0) is 22.4. The van der Waals surface area contributed by atoms with Crippen LogP contribution in [0.15, 0.2) is 29.2 Å². The maximum Gasteiger partial charge on any atom is 0.416 e. The van der Waals surface area contributed by atoms with Gasteiger partial charge in [-0.3, -0.25) is 4.90 Å². The predicted molar refractivity (Wildman–Crippen MR) is 114 cm³/mol. The summed E-state index contributed by atoms with van der Waals surface area (Å²) in [5, 5.41) is 0. The van der Waals surface area contributed by atoms with E-state index >= 15 is 0 Å². The molecule has 0 saturated carbocycles. The highest BCUT2D eigenvalue weighted by Gasteiger charge is 2.57. The van der Waals surface area contributed by atoms with Crippen LogP contribution in [-0.2, 0) is 16.2 Å². The third kappa shape index (κ3) is 4.04. The Kier molecular flexibility index (Phi) is 6.20. The molecule has 1 aromatic carbocycles. The number of piperidine rings is 3. The van der Waals surface area contributed by atoms with E-state index in [1.807, 2.05) is 0 Å². The van der Waals surface area contributed by atoms with Crippen molar-refractivity contribution >= 4 is 10.0 Å². The van der Waals surface area contributed by atoms with Crippen LogP contribution in [0.3, 0.4) is 0 Å². The number of unbranched alkanes of at least 4 members (excludes halogenated alkanes) is 1. The highest BCUT2D eigenvalue weighted by atomic mass is 32.2. The number of alkyl halides is 3. The standard InChI is InChI=1S/C23H33F3N2O2S/c1-3-4-13-22(2)20-8-6-15-27-14-5-7-17(21(20)27)16-28(22)31(29,30)19-11-9-18(10-12-19)23(24,25)26/h9-12,17,20-21H,3-8,13-16H2,1-2H3/t17-,20-,21-,22+/m0/s1. The van der Waals surface area contributed by atoms with Crippen LogP contribution in [-0.4, -0.2) is 48.8 Å². The zero-order valence-corrected chi connectivity index (χ0v) is 19.2. The van der Waals surface area contributed by atoms with Crippen molar-refractivity contribution in [2.24, 2.45) is 11.8 Å². The molecule has 0 N–H and O–H groups in total. The monoisotopic (exact) mass is 458 g/mol. The molecule has 0 bridgehead atoms. The lowest BCUT2D eigenvalue weighted by Gasteiger charge is -2.61. The van der Waals surface area contributed by atoms with Gasteiger partial charge in [0.2, 0.25) is 10.0 Å². The molecule has 3 aliphatic rings. The van der Waals surface area contributed by atoms with E-state index in [4.69, 9.17) is 0 Å². The SMILES string of the molecule is CCCC[C@]1(C)[C@H]2CCCN3CCC[C@@H](CN1S(=O)(=O)c1ccc(C(F)(F)F)cc1)[C@@H]23. The van der Waals surface area contributed by atoms with Crippen LogP contribution < -0.4 is 0 Å². The Morgan fingerprint density at radius 3 is 2.35 bits per heavy atom. The van der Waals surface area contributed by atoms with Gasteiger partial charge in [-0.1, -0.05) is 19.8 Å². The van der Waals surface area contributed by atoms with Gasteiger partial charge in [0.25, 0.3) is 0 Å². The summed E-state index contributed by atoms with van der Waals surface area (Å²) in [6.07, 6.45) is 2.39. The molecule has 3 fully saturated rings. The van der Waals surface area contributed by atoms with E-state index in [9.17, 15) is 21.6 Å². The lowest BCUT2D eigenvalue weighted by atomic mass is 9.64. The van der Waals surface area contributed by atoms with E-state index in [2.05, 4.69) is 18.7 Å². The van der Waals surface area contributed by atoms with E-state index in [0.29, 0.717) is 12.6 Å². The molecule has 4 rings (SSSR count). The van der Waals surface area contributed by atoms with E-state index in [1.165, 1.54) is 0 Å². The van der Waals surface area contributed by atoms with Crippen molar-refractivity contribution in [1.82, 2.24) is 9.21 Å². The van der Waals surface area contributed by atoms with Crippen LogP contribution in [0.4, 0.5) is 13.2 Å². The maximum absolute atomic E-state index is 13.8. The topological polar surface area (TPSA) is 40.6 Å². The van der Waals surface area contributed by atoms with Gasteiger partial charge in [0.15, 0.2) is 0 Å². The van der Waals surface area contributed by atoms with Gasteiger partial charge >= 0.3 is 6.18 Å². The number of rotatable bonds is 5. The quantitative estimate of drug-likeness (QED) is 0.613. The number of benzene rings is 1. The molecule has 0 aliphatic carbocycles. The third-order valence-corrected chi connectivity index (χ3v) is 9.89. The van der Waals surface area contributed by atoms with E-state index < -0.39 is 27.3 Å². The van der Waals surface area contributed by atoms with Gasteiger partial charge in [-0.2, -0.15) is 17.5 Å². The largest absolute Gasteiger partial charge is 0.416 e. The van der Waals surface area contributed by atoms with Gasteiger partial charge in [-0.25, -0.2) is 8.42 Å². The van der Waals surface area contributed by atoms with Crippen LogP contribution >= 0.6 is 0 Å². The Balaban J connectivity index is 1.73. The molecule has 0 amide bonds. The maximum atomic E-state index is 13.8. The van der Waals surface area contributed by atoms with Crippen molar-refractivity contribution in [1.29, 1.82) is 0 Å². The average molecular weight is 459 g/mol. The summed E-state index contributed by atoms with van der Waals surface area (Å²) < 4.78 is 68.2. The van der Waals surface area contributed by atoms with Gasteiger partial charge < -0.3 is 0 Å². The molecule has 0 spiro atoms. The molecule has 0 aromatic heterocycles. The molecule has 0 radical (unpaired) electrons. The van der Waals surface area contributed by atoms with Gasteiger partial charge in [0.1, 0.15) is 0 Å². The molecule has 8 heteroatoms. The van der Waals surface area contributed by atoms with Crippen molar-refractivity contribution < 1.29 is 21.6 Å². The lowest BCUT2D eigenvalue weighted by Crippen LogP contribution is -2.70. The minimum Gasteiger partial charge on any atom is -0.300 e. The van der Waals surface area contributed by atoms with Crippen molar-refractivity contribution in [2.75, 3.05) is 19.6 Å². The second kappa shape index (κ2) is 8.34. The van der Waals surface area contributed by atoms with Crippen molar-refractivity contribution in [3.05, 3.63) is 29.8 Å². The fourth-order valence-electron chi connectivity index (χ4n) is 6.35. The van der Waals surface area contributed by atoms with E-state index in [0.717, 1.165) is 82.3 Å². The summed E-state index contributed by atoms with van der Waals surface area (Å²) in [5.74, 6) is 0.550. The second-order valence-corrected chi connectivity index (χ2v) is 11.6. The molecule has 3 saturated heterocycles. The van der Waals surface area contributed by atoms with Gasteiger partial charge in [-0.05, 0) is 88.2 Å². The van der Waals surface area contributed by atoms with Gasteiger partial charge in [0.05, 0.1) is 10.5 Å². The summed E-state index contributed by atoms with van der Waals surface area (Å²) in [4.78, 5) is 2.54. The van der Waals surface area contributed by atoms with E-state index in [-0.39, 0.29) is 16.7 Å². The highest BCUT2D eigenvalue weighted by molar-refractivity contribution is 7.89. The Morgan fingerprint density at radius 1 is 1.10 bits per heavy atom. The summed E-state index contributed by atoms with van der Waals surface area (Å²) in [5.41, 5.74) is -1.34. The molecular formula is C23H33F3N2O2S. The molecule has 31 heavy (non-hydrogen) atoms. The molecule has 1 aromatic rings. The Morgan fingerprint density at radius 2 is 1.74 bits per heavy atom.